The zero-order valence-corrected chi connectivity index (χ0v) is 15.1. The van der Waals surface area contributed by atoms with Gasteiger partial charge in [0.25, 0.3) is 0 Å². The van der Waals surface area contributed by atoms with Crippen molar-refractivity contribution in [3.63, 3.8) is 0 Å². The highest BCUT2D eigenvalue weighted by atomic mass is 15.2. The largest absolute Gasteiger partial charge is 0.181 e. The molecule has 0 spiro atoms. The topological polar surface area (TPSA) is 24.7 Å². The number of rotatable bonds is 2. The first-order chi connectivity index (χ1) is 11.5. The third-order valence-corrected chi connectivity index (χ3v) is 6.65. The molecule has 3 aliphatic rings. The van der Waals surface area contributed by atoms with Crippen LogP contribution >= 0.6 is 0 Å². The van der Waals surface area contributed by atoms with Gasteiger partial charge in [0.15, 0.2) is 0 Å². The molecular formula is C22H26N2. The predicted molar refractivity (Wildman–Crippen MR) is 98.1 cm³/mol. The van der Waals surface area contributed by atoms with Crippen LogP contribution in [-0.2, 0) is 11.1 Å². The number of nitrogens with zero attached hydrogens (tertiary/aromatic N) is 2. The van der Waals surface area contributed by atoms with Crippen molar-refractivity contribution in [3.05, 3.63) is 70.8 Å². The second-order valence-corrected chi connectivity index (χ2v) is 7.86. The van der Waals surface area contributed by atoms with Crippen LogP contribution in [0.1, 0.15) is 48.9 Å². The van der Waals surface area contributed by atoms with Gasteiger partial charge in [-0.2, -0.15) is 10.2 Å². The van der Waals surface area contributed by atoms with Crippen molar-refractivity contribution >= 4 is 0 Å². The third-order valence-electron chi connectivity index (χ3n) is 6.65. The van der Waals surface area contributed by atoms with E-state index >= 15 is 0 Å². The van der Waals surface area contributed by atoms with Crippen LogP contribution in [0.2, 0.25) is 0 Å². The summed E-state index contributed by atoms with van der Waals surface area (Å²) in [7, 11) is 0. The molecule has 2 aromatic carbocycles. The minimum atomic E-state index is -0.139. The van der Waals surface area contributed by atoms with Gasteiger partial charge in [-0.25, -0.2) is 0 Å². The standard InChI is InChI=1S/C22H26N2/c1-15-5-9-19(10-6-15)21-13-14-22(24-23-21,18(4)17(21)3)20-11-7-16(2)8-12-20/h5-12,17-18H,13-14H2,1-4H3/t17-,18-,21-,22+/m0/s1. The van der Waals surface area contributed by atoms with Gasteiger partial charge in [0.2, 0.25) is 0 Å². The Morgan fingerprint density at radius 2 is 1.00 bits per heavy atom. The Labute approximate surface area is 145 Å². The minimum Gasteiger partial charge on any atom is -0.181 e. The molecule has 1 saturated carbocycles. The van der Waals surface area contributed by atoms with E-state index in [1.54, 1.807) is 0 Å². The monoisotopic (exact) mass is 318 g/mol. The van der Waals surface area contributed by atoms with Gasteiger partial charge in [-0.05, 0) is 49.7 Å². The predicted octanol–water partition coefficient (Wildman–Crippen LogP) is 5.93. The normalized spacial score (nSPS) is 34.5. The van der Waals surface area contributed by atoms with Crippen molar-refractivity contribution in [2.75, 3.05) is 0 Å². The molecular weight excluding hydrogens is 292 g/mol. The summed E-state index contributed by atoms with van der Waals surface area (Å²) in [5.41, 5.74) is 4.97. The van der Waals surface area contributed by atoms with Gasteiger partial charge in [0.1, 0.15) is 11.1 Å². The van der Waals surface area contributed by atoms with E-state index in [0.717, 1.165) is 12.8 Å². The SMILES string of the molecule is Cc1ccc([C@]23CC[C@](c4ccc(C)cc4)(N=N2)[C@@H](C)[C@@H]3C)cc1. The summed E-state index contributed by atoms with van der Waals surface area (Å²) in [6.07, 6.45) is 2.16. The molecule has 2 aliphatic heterocycles. The van der Waals surface area contributed by atoms with Gasteiger partial charge in [-0.3, -0.25) is 0 Å². The lowest BCUT2D eigenvalue weighted by atomic mass is 9.56. The van der Waals surface area contributed by atoms with E-state index in [1.165, 1.54) is 22.3 Å². The fraction of sp³-hybridized carbons (Fsp3) is 0.455. The van der Waals surface area contributed by atoms with Crippen molar-refractivity contribution < 1.29 is 0 Å². The average Bonchev–Trinajstić information content (AvgIpc) is 2.61. The number of fused-ring (bicyclic) bond motifs is 2. The van der Waals surface area contributed by atoms with Crippen molar-refractivity contribution in [1.82, 2.24) is 0 Å². The number of benzene rings is 2. The lowest BCUT2D eigenvalue weighted by Crippen LogP contribution is -2.53. The molecule has 5 rings (SSSR count). The summed E-state index contributed by atoms with van der Waals surface area (Å²) in [4.78, 5) is 0. The van der Waals surface area contributed by atoms with Crippen LogP contribution in [0.3, 0.4) is 0 Å². The van der Waals surface area contributed by atoms with Crippen LogP contribution in [0.15, 0.2) is 58.8 Å². The molecule has 2 heterocycles. The number of azo groups is 1. The van der Waals surface area contributed by atoms with Crippen molar-refractivity contribution in [3.8, 4) is 0 Å². The smallest absolute Gasteiger partial charge is 0.109 e. The van der Waals surface area contributed by atoms with E-state index in [2.05, 4.69) is 76.2 Å². The van der Waals surface area contributed by atoms with Crippen LogP contribution in [0.4, 0.5) is 0 Å². The fourth-order valence-electron chi connectivity index (χ4n) is 4.74. The lowest BCUT2D eigenvalue weighted by Gasteiger charge is -2.55. The third kappa shape index (κ3) is 2.02. The van der Waals surface area contributed by atoms with E-state index < -0.39 is 0 Å². The van der Waals surface area contributed by atoms with Crippen molar-refractivity contribution in [1.29, 1.82) is 0 Å². The van der Waals surface area contributed by atoms with Gasteiger partial charge in [-0.1, -0.05) is 73.5 Å². The molecule has 2 heteroatoms. The highest BCUT2D eigenvalue weighted by Crippen LogP contribution is 2.60. The summed E-state index contributed by atoms with van der Waals surface area (Å²) < 4.78 is 0. The maximum atomic E-state index is 4.96. The molecule has 24 heavy (non-hydrogen) atoms. The Balaban J connectivity index is 1.80. The van der Waals surface area contributed by atoms with E-state index in [9.17, 15) is 0 Å². The Morgan fingerprint density at radius 1 is 0.667 bits per heavy atom. The van der Waals surface area contributed by atoms with E-state index in [4.69, 9.17) is 10.2 Å². The molecule has 2 aromatic rings. The molecule has 4 atom stereocenters. The summed E-state index contributed by atoms with van der Waals surface area (Å²) in [5.74, 6) is 0.959. The first-order valence-corrected chi connectivity index (χ1v) is 9.06. The van der Waals surface area contributed by atoms with E-state index in [0.29, 0.717) is 11.8 Å². The van der Waals surface area contributed by atoms with Crippen molar-refractivity contribution in [2.24, 2.45) is 22.1 Å². The van der Waals surface area contributed by atoms with E-state index in [-0.39, 0.29) is 11.1 Å². The number of hydrogen-bond acceptors (Lipinski definition) is 2. The molecule has 0 unspecified atom stereocenters. The second kappa shape index (κ2) is 5.27. The first-order valence-electron chi connectivity index (χ1n) is 9.06. The Morgan fingerprint density at radius 3 is 1.29 bits per heavy atom. The van der Waals surface area contributed by atoms with Gasteiger partial charge < -0.3 is 0 Å². The fourth-order valence-corrected chi connectivity index (χ4v) is 4.74. The van der Waals surface area contributed by atoms with Gasteiger partial charge in [0, 0.05) is 0 Å². The lowest BCUT2D eigenvalue weighted by molar-refractivity contribution is 0.0140. The molecule has 1 fully saturated rings. The van der Waals surface area contributed by atoms with Crippen LogP contribution in [0.25, 0.3) is 0 Å². The van der Waals surface area contributed by atoms with Gasteiger partial charge >= 0.3 is 0 Å². The number of hydrogen-bond donors (Lipinski definition) is 0. The zero-order chi connectivity index (χ0) is 16.9. The molecule has 0 radical (unpaired) electrons. The molecule has 0 amide bonds. The molecule has 0 aromatic heterocycles. The highest BCUT2D eigenvalue weighted by molar-refractivity contribution is 5.36. The summed E-state index contributed by atoms with van der Waals surface area (Å²) >= 11 is 0. The first kappa shape index (κ1) is 15.6. The average molecular weight is 318 g/mol. The maximum Gasteiger partial charge on any atom is 0.109 e. The Kier molecular flexibility index (Phi) is 3.42. The molecule has 2 bridgehead atoms. The van der Waals surface area contributed by atoms with Crippen LogP contribution in [0.5, 0.6) is 0 Å². The quantitative estimate of drug-likeness (QED) is 0.656. The minimum absolute atomic E-state index is 0.139. The molecule has 1 aliphatic carbocycles. The highest BCUT2D eigenvalue weighted by Gasteiger charge is 2.58. The second-order valence-electron chi connectivity index (χ2n) is 7.86. The number of aryl methyl sites for hydroxylation is 2. The van der Waals surface area contributed by atoms with Crippen LogP contribution < -0.4 is 0 Å². The summed E-state index contributed by atoms with van der Waals surface area (Å²) in [6, 6.07) is 17.8. The molecule has 2 nitrogen and oxygen atoms in total. The van der Waals surface area contributed by atoms with Crippen LogP contribution in [0, 0.1) is 25.7 Å². The maximum absolute atomic E-state index is 4.96. The van der Waals surface area contributed by atoms with Crippen LogP contribution in [-0.4, -0.2) is 0 Å². The zero-order valence-electron chi connectivity index (χ0n) is 15.1. The Hall–Kier alpha value is -1.96. The van der Waals surface area contributed by atoms with Gasteiger partial charge in [-0.15, -0.1) is 0 Å². The summed E-state index contributed by atoms with van der Waals surface area (Å²) in [6.45, 7) is 9.01. The van der Waals surface area contributed by atoms with Crippen molar-refractivity contribution in [2.45, 2.75) is 51.6 Å². The van der Waals surface area contributed by atoms with E-state index in [1.807, 2.05) is 0 Å². The molecule has 0 N–H and O–H groups in total. The Bertz CT molecular complexity index is 707. The molecule has 0 saturated heterocycles. The molecule has 124 valence electrons. The van der Waals surface area contributed by atoms with Gasteiger partial charge in [0.05, 0.1) is 0 Å². The summed E-state index contributed by atoms with van der Waals surface area (Å²) in [5, 5.41) is 9.91.